The van der Waals surface area contributed by atoms with Crippen LogP contribution in [0.4, 0.5) is 0 Å². The van der Waals surface area contributed by atoms with Gasteiger partial charge in [-0.25, -0.2) is 0 Å². The highest BCUT2D eigenvalue weighted by molar-refractivity contribution is 5.17. The molecule has 2 atom stereocenters. The van der Waals surface area contributed by atoms with Crippen molar-refractivity contribution in [2.24, 2.45) is 5.73 Å². The van der Waals surface area contributed by atoms with Gasteiger partial charge < -0.3 is 5.73 Å². The van der Waals surface area contributed by atoms with Gasteiger partial charge in [0.05, 0.1) is 11.7 Å². The highest BCUT2D eigenvalue weighted by atomic mass is 15.2. The number of nitrogens with zero attached hydrogens (tertiary/aromatic N) is 2. The second-order valence-corrected chi connectivity index (χ2v) is 5.05. The van der Waals surface area contributed by atoms with E-state index >= 15 is 0 Å². The minimum Gasteiger partial charge on any atom is -0.326 e. The quantitative estimate of drug-likeness (QED) is 0.870. The number of aryl methyl sites for hydroxylation is 1. The summed E-state index contributed by atoms with van der Waals surface area (Å²) in [5, 5.41) is 0. The third-order valence-corrected chi connectivity index (χ3v) is 3.53. The van der Waals surface area contributed by atoms with Crippen LogP contribution in [0, 0.1) is 6.92 Å². The molecule has 0 aromatic carbocycles. The predicted molar refractivity (Wildman–Crippen MR) is 70.8 cm³/mol. The van der Waals surface area contributed by atoms with E-state index in [2.05, 4.69) is 35.9 Å². The number of aromatic nitrogens is 1. The number of nitrogens with two attached hydrogens (primary N) is 1. The molecular formula is C14H23N3. The Morgan fingerprint density at radius 3 is 2.94 bits per heavy atom. The van der Waals surface area contributed by atoms with Gasteiger partial charge in [-0.15, -0.1) is 0 Å². The highest BCUT2D eigenvalue weighted by Crippen LogP contribution is 2.28. The topological polar surface area (TPSA) is 42.1 Å². The van der Waals surface area contributed by atoms with Crippen LogP contribution in [-0.2, 0) is 0 Å². The van der Waals surface area contributed by atoms with E-state index in [-0.39, 0.29) is 6.04 Å². The Bertz CT molecular complexity index is 345. The molecule has 0 bridgehead atoms. The average molecular weight is 233 g/mol. The molecule has 94 valence electrons. The van der Waals surface area contributed by atoms with E-state index < -0.39 is 0 Å². The molecule has 0 saturated carbocycles. The molecule has 2 rings (SSSR count). The van der Waals surface area contributed by atoms with Gasteiger partial charge in [0.1, 0.15) is 0 Å². The number of hydrogen-bond donors (Lipinski definition) is 1. The summed E-state index contributed by atoms with van der Waals surface area (Å²) in [6, 6.07) is 4.80. The van der Waals surface area contributed by atoms with Crippen molar-refractivity contribution >= 4 is 0 Å². The van der Waals surface area contributed by atoms with Gasteiger partial charge in [0.15, 0.2) is 0 Å². The van der Waals surface area contributed by atoms with Crippen molar-refractivity contribution in [2.45, 2.75) is 45.2 Å². The Hall–Kier alpha value is -0.930. The van der Waals surface area contributed by atoms with E-state index in [0.717, 1.165) is 25.2 Å². The fourth-order valence-electron chi connectivity index (χ4n) is 2.70. The van der Waals surface area contributed by atoms with E-state index in [1.807, 2.05) is 6.20 Å². The largest absolute Gasteiger partial charge is 0.326 e. The SMILES string of the molecule is CCCN1CCCC(N)C1c1ccc(C)cn1. The van der Waals surface area contributed by atoms with Crippen molar-refractivity contribution in [3.8, 4) is 0 Å². The van der Waals surface area contributed by atoms with Crippen LogP contribution in [0.3, 0.4) is 0 Å². The van der Waals surface area contributed by atoms with E-state index in [4.69, 9.17) is 5.73 Å². The molecule has 1 aromatic heterocycles. The molecule has 1 saturated heterocycles. The molecule has 2 N–H and O–H groups in total. The fourth-order valence-corrected chi connectivity index (χ4v) is 2.70. The average Bonchev–Trinajstić information content (AvgIpc) is 2.32. The number of hydrogen-bond acceptors (Lipinski definition) is 3. The molecule has 3 nitrogen and oxygen atoms in total. The predicted octanol–water partition coefficient (Wildman–Crippen LogP) is 2.26. The van der Waals surface area contributed by atoms with Gasteiger partial charge >= 0.3 is 0 Å². The monoisotopic (exact) mass is 233 g/mol. The molecule has 0 aliphatic carbocycles. The van der Waals surface area contributed by atoms with E-state index in [1.54, 1.807) is 0 Å². The smallest absolute Gasteiger partial charge is 0.0673 e. The maximum atomic E-state index is 6.29. The van der Waals surface area contributed by atoms with Gasteiger partial charge in [0, 0.05) is 12.2 Å². The van der Waals surface area contributed by atoms with Crippen LogP contribution in [0.25, 0.3) is 0 Å². The second kappa shape index (κ2) is 5.61. The van der Waals surface area contributed by atoms with Crippen molar-refractivity contribution in [1.29, 1.82) is 0 Å². The Labute approximate surface area is 104 Å². The molecule has 0 radical (unpaired) electrons. The Morgan fingerprint density at radius 2 is 2.29 bits per heavy atom. The van der Waals surface area contributed by atoms with Gasteiger partial charge in [-0.1, -0.05) is 13.0 Å². The lowest BCUT2D eigenvalue weighted by atomic mass is 9.93. The zero-order valence-electron chi connectivity index (χ0n) is 10.9. The molecule has 2 unspecified atom stereocenters. The summed E-state index contributed by atoms with van der Waals surface area (Å²) in [5.41, 5.74) is 8.63. The van der Waals surface area contributed by atoms with Crippen LogP contribution >= 0.6 is 0 Å². The third-order valence-electron chi connectivity index (χ3n) is 3.53. The highest BCUT2D eigenvalue weighted by Gasteiger charge is 2.30. The van der Waals surface area contributed by atoms with Crippen molar-refractivity contribution in [1.82, 2.24) is 9.88 Å². The zero-order chi connectivity index (χ0) is 12.3. The van der Waals surface area contributed by atoms with E-state index in [1.165, 1.54) is 18.4 Å². The lowest BCUT2D eigenvalue weighted by molar-refractivity contribution is 0.125. The van der Waals surface area contributed by atoms with Crippen molar-refractivity contribution in [2.75, 3.05) is 13.1 Å². The first-order valence-electron chi connectivity index (χ1n) is 6.64. The Balaban J connectivity index is 2.21. The van der Waals surface area contributed by atoms with Gasteiger partial charge in [-0.2, -0.15) is 0 Å². The maximum absolute atomic E-state index is 6.29. The van der Waals surface area contributed by atoms with Crippen molar-refractivity contribution in [3.63, 3.8) is 0 Å². The Morgan fingerprint density at radius 1 is 1.47 bits per heavy atom. The van der Waals surface area contributed by atoms with Crippen LogP contribution in [0.5, 0.6) is 0 Å². The Kier molecular flexibility index (Phi) is 4.13. The third kappa shape index (κ3) is 2.85. The molecule has 0 amide bonds. The van der Waals surface area contributed by atoms with Crippen molar-refractivity contribution in [3.05, 3.63) is 29.6 Å². The minimum absolute atomic E-state index is 0.227. The summed E-state index contributed by atoms with van der Waals surface area (Å²) in [5.74, 6) is 0. The molecule has 0 spiro atoms. The molecule has 17 heavy (non-hydrogen) atoms. The first kappa shape index (κ1) is 12.5. The molecule has 3 heteroatoms. The van der Waals surface area contributed by atoms with Gasteiger partial charge in [-0.3, -0.25) is 9.88 Å². The fraction of sp³-hybridized carbons (Fsp3) is 0.643. The minimum atomic E-state index is 0.227. The van der Waals surface area contributed by atoms with Crippen LogP contribution in [0.2, 0.25) is 0 Å². The summed E-state index contributed by atoms with van der Waals surface area (Å²) in [4.78, 5) is 7.06. The first-order valence-corrected chi connectivity index (χ1v) is 6.64. The van der Waals surface area contributed by atoms with Crippen LogP contribution in [0.15, 0.2) is 18.3 Å². The number of likely N-dealkylation sites (tertiary alicyclic amines) is 1. The summed E-state index contributed by atoms with van der Waals surface area (Å²) < 4.78 is 0. The maximum Gasteiger partial charge on any atom is 0.0673 e. The second-order valence-electron chi connectivity index (χ2n) is 5.05. The number of pyridine rings is 1. The summed E-state index contributed by atoms with van der Waals surface area (Å²) in [6.45, 7) is 6.57. The van der Waals surface area contributed by atoms with Crippen LogP contribution < -0.4 is 5.73 Å². The molecule has 2 heterocycles. The summed E-state index contributed by atoms with van der Waals surface area (Å²) in [7, 11) is 0. The van der Waals surface area contributed by atoms with Gasteiger partial charge in [0.2, 0.25) is 0 Å². The van der Waals surface area contributed by atoms with Gasteiger partial charge in [0.25, 0.3) is 0 Å². The lowest BCUT2D eigenvalue weighted by Crippen LogP contribution is -2.46. The molecule has 1 fully saturated rings. The van der Waals surface area contributed by atoms with Crippen molar-refractivity contribution < 1.29 is 0 Å². The van der Waals surface area contributed by atoms with E-state index in [9.17, 15) is 0 Å². The molecule has 1 aliphatic rings. The first-order chi connectivity index (χ1) is 8.22. The lowest BCUT2D eigenvalue weighted by Gasteiger charge is -2.39. The normalized spacial score (nSPS) is 26.1. The zero-order valence-corrected chi connectivity index (χ0v) is 10.9. The standard InChI is InChI=1S/C14H23N3/c1-3-8-17-9-4-5-12(15)14(17)13-7-6-11(2)10-16-13/h6-7,10,12,14H,3-5,8-9,15H2,1-2H3. The summed E-state index contributed by atoms with van der Waals surface area (Å²) in [6.07, 6.45) is 5.44. The molecule has 1 aliphatic heterocycles. The number of rotatable bonds is 3. The molecule has 1 aromatic rings. The van der Waals surface area contributed by atoms with Gasteiger partial charge in [-0.05, 0) is 50.9 Å². The van der Waals surface area contributed by atoms with Crippen LogP contribution in [-0.4, -0.2) is 29.0 Å². The molecular weight excluding hydrogens is 210 g/mol. The van der Waals surface area contributed by atoms with Crippen LogP contribution in [0.1, 0.15) is 43.5 Å². The number of piperidine rings is 1. The summed E-state index contributed by atoms with van der Waals surface area (Å²) >= 11 is 0. The van der Waals surface area contributed by atoms with E-state index in [0.29, 0.717) is 6.04 Å².